The lowest BCUT2D eigenvalue weighted by atomic mass is 9.82. The number of likely N-dealkylation sites (N-methyl/N-ethyl adjacent to an activating group) is 1. The summed E-state index contributed by atoms with van der Waals surface area (Å²) in [7, 11) is 5.03. The molecule has 2 aromatic rings. The molecule has 0 aliphatic carbocycles. The fraction of sp³-hybridized carbons (Fsp3) is 0.474. The van der Waals surface area contributed by atoms with Crippen molar-refractivity contribution in [3.05, 3.63) is 35.6 Å². The smallest absolute Gasteiger partial charge is 0.330 e. The predicted octanol–water partition coefficient (Wildman–Crippen LogP) is 2.10. The van der Waals surface area contributed by atoms with Crippen molar-refractivity contribution in [1.29, 1.82) is 0 Å². The Balaban J connectivity index is 2.09. The molecule has 1 N–H and O–H groups in total. The molecule has 1 radical (unpaired) electrons. The number of rotatable bonds is 7. The summed E-state index contributed by atoms with van der Waals surface area (Å²) in [6.07, 6.45) is 1.76. The van der Waals surface area contributed by atoms with Crippen LogP contribution in [0.2, 0.25) is 5.15 Å². The molecule has 0 aliphatic heterocycles. The molecule has 2 rings (SSSR count). The lowest BCUT2D eigenvalue weighted by Crippen LogP contribution is -2.49. The van der Waals surface area contributed by atoms with E-state index in [1.807, 2.05) is 38.1 Å². The van der Waals surface area contributed by atoms with Gasteiger partial charge in [-0.2, -0.15) is 5.10 Å². The third-order valence-corrected chi connectivity index (χ3v) is 4.98. The summed E-state index contributed by atoms with van der Waals surface area (Å²) in [5.41, 5.74) is 0.808. The zero-order chi connectivity index (χ0) is 20.4. The zero-order valence-corrected chi connectivity index (χ0v) is 17.4. The number of amides is 1. The summed E-state index contributed by atoms with van der Waals surface area (Å²) in [4.78, 5) is 13.3. The maximum absolute atomic E-state index is 11.8. The molecular weight excluding hydrogens is 364 g/mol. The van der Waals surface area contributed by atoms with Crippen molar-refractivity contribution in [2.75, 3.05) is 14.1 Å². The quantitative estimate of drug-likeness (QED) is 0.735. The fourth-order valence-electron chi connectivity index (χ4n) is 2.05. The Bertz CT molecular complexity index is 796. The fourth-order valence-corrected chi connectivity index (χ4v) is 2.31. The van der Waals surface area contributed by atoms with Crippen LogP contribution < -0.4 is 5.46 Å². The number of hydrogen-bond acceptors (Lipinski definition) is 4. The van der Waals surface area contributed by atoms with Crippen LogP contribution in [-0.4, -0.2) is 58.5 Å². The highest BCUT2D eigenvalue weighted by Gasteiger charge is 2.35. The Morgan fingerprint density at radius 3 is 2.37 bits per heavy atom. The van der Waals surface area contributed by atoms with E-state index in [-0.39, 0.29) is 12.5 Å². The third-order valence-electron chi connectivity index (χ3n) is 4.70. The lowest BCUT2D eigenvalue weighted by molar-refractivity contribution is -0.129. The first-order chi connectivity index (χ1) is 12.4. The van der Waals surface area contributed by atoms with Crippen molar-refractivity contribution < 1.29 is 14.6 Å². The summed E-state index contributed by atoms with van der Waals surface area (Å²) in [6, 6.07) is 7.61. The second kappa shape index (κ2) is 8.04. The largest absolute Gasteiger partial charge is 0.427 e. The molecule has 0 unspecified atom stereocenters. The van der Waals surface area contributed by atoms with Crippen LogP contribution in [-0.2, 0) is 16.0 Å². The number of aromatic nitrogens is 2. The van der Waals surface area contributed by atoms with E-state index >= 15 is 0 Å². The van der Waals surface area contributed by atoms with Gasteiger partial charge in [-0.05, 0) is 33.3 Å². The maximum Gasteiger partial charge on any atom is 0.330 e. The summed E-state index contributed by atoms with van der Waals surface area (Å²) in [5, 5.41) is 14.7. The zero-order valence-electron chi connectivity index (χ0n) is 16.7. The number of hydrogen-bond donors (Lipinski definition) is 1. The minimum Gasteiger partial charge on any atom is -0.427 e. The molecule has 1 aromatic carbocycles. The predicted molar refractivity (Wildman–Crippen MR) is 108 cm³/mol. The highest BCUT2D eigenvalue weighted by Crippen LogP contribution is 2.27. The van der Waals surface area contributed by atoms with E-state index in [0.29, 0.717) is 5.15 Å². The van der Waals surface area contributed by atoms with Gasteiger partial charge in [0.05, 0.1) is 11.2 Å². The van der Waals surface area contributed by atoms with E-state index in [9.17, 15) is 9.90 Å². The molecular formula is C19H26BClN3O3. The van der Waals surface area contributed by atoms with Crippen LogP contribution in [0.3, 0.4) is 0 Å². The van der Waals surface area contributed by atoms with Gasteiger partial charge in [0.1, 0.15) is 6.54 Å². The molecule has 0 atom stereocenters. The third kappa shape index (κ3) is 5.34. The standard InChI is InChI=1S/C19H26BClN3O3/c1-18(2,26)19(3,4)27-20-14-9-7-13(8-10-14)15-11-24(22-17(15)21)12-16(25)23(5)6/h7-11,26H,12H2,1-6H3. The molecule has 0 saturated heterocycles. The highest BCUT2D eigenvalue weighted by atomic mass is 35.5. The summed E-state index contributed by atoms with van der Waals surface area (Å²) in [5.74, 6) is -0.0581. The van der Waals surface area contributed by atoms with Crippen molar-refractivity contribution in [1.82, 2.24) is 14.7 Å². The van der Waals surface area contributed by atoms with Gasteiger partial charge in [0, 0.05) is 25.9 Å². The van der Waals surface area contributed by atoms with Crippen molar-refractivity contribution in [2.45, 2.75) is 45.4 Å². The van der Waals surface area contributed by atoms with Crippen molar-refractivity contribution >= 4 is 30.5 Å². The van der Waals surface area contributed by atoms with Crippen LogP contribution in [0, 0.1) is 0 Å². The van der Waals surface area contributed by atoms with E-state index in [4.69, 9.17) is 16.3 Å². The topological polar surface area (TPSA) is 67.6 Å². The number of benzene rings is 1. The molecule has 145 valence electrons. The van der Waals surface area contributed by atoms with Crippen molar-refractivity contribution in [3.63, 3.8) is 0 Å². The first-order valence-corrected chi connectivity index (χ1v) is 9.05. The van der Waals surface area contributed by atoms with Crippen LogP contribution >= 0.6 is 11.6 Å². The first-order valence-electron chi connectivity index (χ1n) is 8.67. The number of carbonyl (C=O) groups is 1. The van der Waals surface area contributed by atoms with Crippen LogP contribution in [0.15, 0.2) is 30.5 Å². The van der Waals surface area contributed by atoms with Gasteiger partial charge >= 0.3 is 7.48 Å². The number of carbonyl (C=O) groups excluding carboxylic acids is 1. The number of nitrogens with zero attached hydrogens (tertiary/aromatic N) is 3. The molecule has 0 fully saturated rings. The monoisotopic (exact) mass is 390 g/mol. The summed E-state index contributed by atoms with van der Waals surface area (Å²) in [6.45, 7) is 7.23. The Hall–Kier alpha value is -1.83. The Kier molecular flexibility index (Phi) is 6.40. The molecule has 27 heavy (non-hydrogen) atoms. The van der Waals surface area contributed by atoms with Gasteiger partial charge < -0.3 is 14.7 Å². The Morgan fingerprint density at radius 2 is 1.85 bits per heavy atom. The van der Waals surface area contributed by atoms with Gasteiger partial charge in [0.25, 0.3) is 0 Å². The van der Waals surface area contributed by atoms with E-state index in [0.717, 1.165) is 16.6 Å². The van der Waals surface area contributed by atoms with E-state index < -0.39 is 11.2 Å². The van der Waals surface area contributed by atoms with Gasteiger partial charge in [0.15, 0.2) is 5.15 Å². The maximum atomic E-state index is 11.8. The molecule has 0 bridgehead atoms. The molecule has 1 amide bonds. The van der Waals surface area contributed by atoms with E-state index in [2.05, 4.69) is 5.10 Å². The summed E-state index contributed by atoms with van der Waals surface area (Å²) >= 11 is 6.24. The van der Waals surface area contributed by atoms with Gasteiger partial charge in [0.2, 0.25) is 5.91 Å². The van der Waals surface area contributed by atoms with Crippen LogP contribution in [0.5, 0.6) is 0 Å². The highest BCUT2D eigenvalue weighted by molar-refractivity contribution is 6.47. The van der Waals surface area contributed by atoms with Gasteiger partial charge in [-0.1, -0.05) is 41.3 Å². The second-order valence-electron chi connectivity index (χ2n) is 7.75. The molecule has 0 aliphatic rings. The Labute approximate surface area is 166 Å². The van der Waals surface area contributed by atoms with Crippen LogP contribution in [0.1, 0.15) is 27.7 Å². The molecule has 0 spiro atoms. The lowest BCUT2D eigenvalue weighted by Gasteiger charge is -2.37. The average molecular weight is 391 g/mol. The van der Waals surface area contributed by atoms with E-state index in [1.54, 1.807) is 41.6 Å². The van der Waals surface area contributed by atoms with Gasteiger partial charge in [-0.3, -0.25) is 9.48 Å². The molecule has 1 aromatic heterocycles. The minimum atomic E-state index is -0.977. The first kappa shape index (κ1) is 21.5. The SMILES string of the molecule is CN(C)C(=O)Cn1cc(-c2ccc([B]OC(C)(C)C(C)(C)O)cc2)c(Cl)n1. The number of halogens is 1. The van der Waals surface area contributed by atoms with E-state index in [1.165, 1.54) is 9.58 Å². The van der Waals surface area contributed by atoms with Crippen molar-refractivity contribution in [3.8, 4) is 11.1 Å². The van der Waals surface area contributed by atoms with Crippen LogP contribution in [0.25, 0.3) is 11.1 Å². The normalized spacial score (nSPS) is 12.1. The molecule has 1 heterocycles. The minimum absolute atomic E-state index is 0.0581. The van der Waals surface area contributed by atoms with Crippen LogP contribution in [0.4, 0.5) is 0 Å². The number of aliphatic hydroxyl groups is 1. The Morgan fingerprint density at radius 1 is 1.26 bits per heavy atom. The average Bonchev–Trinajstić information content (AvgIpc) is 2.92. The second-order valence-corrected chi connectivity index (χ2v) is 8.10. The molecule has 0 saturated carbocycles. The van der Waals surface area contributed by atoms with Gasteiger partial charge in [-0.25, -0.2) is 0 Å². The van der Waals surface area contributed by atoms with Gasteiger partial charge in [-0.15, -0.1) is 0 Å². The summed E-state index contributed by atoms with van der Waals surface area (Å²) < 4.78 is 7.30. The molecule has 6 nitrogen and oxygen atoms in total. The molecule has 8 heteroatoms. The van der Waals surface area contributed by atoms with Crippen molar-refractivity contribution in [2.24, 2.45) is 0 Å².